The van der Waals surface area contributed by atoms with Crippen molar-refractivity contribution in [1.82, 2.24) is 9.78 Å². The summed E-state index contributed by atoms with van der Waals surface area (Å²) in [6.07, 6.45) is 0.690. The Kier molecular flexibility index (Phi) is 4.33. The molecule has 0 aliphatic heterocycles. The fraction of sp³-hybridized carbons (Fsp3) is 0.357. The molecule has 0 radical (unpaired) electrons. The van der Waals surface area contributed by atoms with Crippen molar-refractivity contribution in [2.75, 3.05) is 0 Å². The van der Waals surface area contributed by atoms with Crippen molar-refractivity contribution in [3.05, 3.63) is 50.2 Å². The number of aromatic nitrogens is 2. The van der Waals surface area contributed by atoms with Gasteiger partial charge in [-0.15, -0.1) is 0 Å². The summed E-state index contributed by atoms with van der Waals surface area (Å²) in [4.78, 5) is 0. The summed E-state index contributed by atoms with van der Waals surface area (Å²) in [5, 5.41) is 4.98. The molecule has 2 rings (SSSR count). The van der Waals surface area contributed by atoms with E-state index in [9.17, 15) is 0 Å². The number of nitrogens with zero attached hydrogens (tertiary/aromatic N) is 2. The van der Waals surface area contributed by atoms with Crippen LogP contribution in [0.25, 0.3) is 0 Å². The second-order valence-electron chi connectivity index (χ2n) is 4.79. The quantitative estimate of drug-likeness (QED) is 0.924. The van der Waals surface area contributed by atoms with E-state index in [1.807, 2.05) is 20.0 Å². The molecular weight excluding hydrogens is 326 g/mol. The van der Waals surface area contributed by atoms with Crippen LogP contribution in [-0.2, 0) is 13.5 Å². The first-order chi connectivity index (χ1) is 8.90. The van der Waals surface area contributed by atoms with Crippen LogP contribution in [0, 0.1) is 13.8 Å². The minimum Gasteiger partial charge on any atom is -0.324 e. The standard InChI is InChI=1S/C14H17BrClN3/c1-8-4-5-10(15)6-11(8)13(17)7-12-9(2)18-19(3)14(12)16/h4-6,13H,7,17H2,1-3H3. The molecule has 1 heterocycles. The average Bonchev–Trinajstić information content (AvgIpc) is 2.59. The maximum Gasteiger partial charge on any atom is 0.130 e. The lowest BCUT2D eigenvalue weighted by atomic mass is 9.96. The maximum atomic E-state index is 6.33. The number of halogens is 2. The minimum absolute atomic E-state index is 0.0853. The predicted octanol–water partition coefficient (Wildman–Crippen LogP) is 3.70. The van der Waals surface area contributed by atoms with Crippen LogP contribution in [0.3, 0.4) is 0 Å². The Morgan fingerprint density at radius 2 is 2.11 bits per heavy atom. The molecule has 5 heteroatoms. The lowest BCUT2D eigenvalue weighted by Gasteiger charge is -2.15. The van der Waals surface area contributed by atoms with Gasteiger partial charge in [0.2, 0.25) is 0 Å². The highest BCUT2D eigenvalue weighted by molar-refractivity contribution is 9.10. The normalized spacial score (nSPS) is 12.7. The summed E-state index contributed by atoms with van der Waals surface area (Å²) < 4.78 is 2.73. The van der Waals surface area contributed by atoms with Crippen molar-refractivity contribution in [3.8, 4) is 0 Å². The van der Waals surface area contributed by atoms with Gasteiger partial charge in [-0.2, -0.15) is 5.10 Å². The van der Waals surface area contributed by atoms with Crippen LogP contribution in [0.4, 0.5) is 0 Å². The van der Waals surface area contributed by atoms with Crippen molar-refractivity contribution in [1.29, 1.82) is 0 Å². The molecule has 0 aliphatic rings. The minimum atomic E-state index is -0.0853. The Bertz CT molecular complexity index is 607. The van der Waals surface area contributed by atoms with E-state index in [1.54, 1.807) is 4.68 Å². The van der Waals surface area contributed by atoms with E-state index >= 15 is 0 Å². The van der Waals surface area contributed by atoms with E-state index in [2.05, 4.69) is 40.1 Å². The van der Waals surface area contributed by atoms with Gasteiger partial charge in [0.25, 0.3) is 0 Å². The van der Waals surface area contributed by atoms with Gasteiger partial charge in [0.1, 0.15) is 5.15 Å². The first kappa shape index (κ1) is 14.6. The highest BCUT2D eigenvalue weighted by Crippen LogP contribution is 2.27. The van der Waals surface area contributed by atoms with E-state index in [1.165, 1.54) is 5.56 Å². The lowest BCUT2D eigenvalue weighted by Crippen LogP contribution is -2.15. The van der Waals surface area contributed by atoms with Gasteiger partial charge in [0.15, 0.2) is 0 Å². The molecule has 102 valence electrons. The fourth-order valence-corrected chi connectivity index (χ4v) is 2.88. The van der Waals surface area contributed by atoms with Gasteiger partial charge in [0, 0.05) is 23.1 Å². The largest absolute Gasteiger partial charge is 0.324 e. The van der Waals surface area contributed by atoms with E-state index < -0.39 is 0 Å². The van der Waals surface area contributed by atoms with Crippen molar-refractivity contribution in [2.24, 2.45) is 12.8 Å². The summed E-state index contributed by atoms with van der Waals surface area (Å²) in [5.74, 6) is 0. The van der Waals surface area contributed by atoms with Crippen LogP contribution >= 0.6 is 27.5 Å². The van der Waals surface area contributed by atoms with Gasteiger partial charge in [-0.05, 0) is 43.5 Å². The Hall–Kier alpha value is -0.840. The Balaban J connectivity index is 2.30. The molecule has 0 fully saturated rings. The molecule has 0 saturated heterocycles. The molecule has 3 nitrogen and oxygen atoms in total. The van der Waals surface area contributed by atoms with Crippen molar-refractivity contribution in [2.45, 2.75) is 26.3 Å². The number of nitrogens with two attached hydrogens (primary N) is 1. The highest BCUT2D eigenvalue weighted by atomic mass is 79.9. The molecule has 0 spiro atoms. The van der Waals surface area contributed by atoms with Crippen LogP contribution in [0.1, 0.15) is 28.4 Å². The molecule has 19 heavy (non-hydrogen) atoms. The first-order valence-electron chi connectivity index (χ1n) is 6.09. The van der Waals surface area contributed by atoms with Gasteiger partial charge in [-0.1, -0.05) is 33.6 Å². The third-order valence-electron chi connectivity index (χ3n) is 3.33. The molecule has 1 aromatic heterocycles. The van der Waals surface area contributed by atoms with E-state index in [-0.39, 0.29) is 6.04 Å². The number of aryl methyl sites for hydroxylation is 3. The molecule has 1 atom stereocenters. The van der Waals surface area contributed by atoms with E-state index in [0.29, 0.717) is 11.6 Å². The summed E-state index contributed by atoms with van der Waals surface area (Å²) in [7, 11) is 1.84. The molecular formula is C14H17BrClN3. The zero-order valence-corrected chi connectivity index (χ0v) is 13.6. The van der Waals surface area contributed by atoms with Gasteiger partial charge >= 0.3 is 0 Å². The van der Waals surface area contributed by atoms with Gasteiger partial charge < -0.3 is 5.73 Å². The van der Waals surface area contributed by atoms with Gasteiger partial charge in [0.05, 0.1) is 5.69 Å². The average molecular weight is 343 g/mol. The Labute approximate surface area is 126 Å². The smallest absolute Gasteiger partial charge is 0.130 e. The van der Waals surface area contributed by atoms with E-state index in [0.717, 1.165) is 21.3 Å². The molecule has 2 aromatic rings. The molecule has 0 saturated carbocycles. The zero-order valence-electron chi connectivity index (χ0n) is 11.2. The van der Waals surface area contributed by atoms with Gasteiger partial charge in [-0.3, -0.25) is 4.68 Å². The summed E-state index contributed by atoms with van der Waals surface area (Å²) in [6, 6.07) is 6.07. The van der Waals surface area contributed by atoms with Crippen molar-refractivity contribution >= 4 is 27.5 Å². The van der Waals surface area contributed by atoms with Crippen molar-refractivity contribution in [3.63, 3.8) is 0 Å². The van der Waals surface area contributed by atoms with Crippen LogP contribution in [-0.4, -0.2) is 9.78 Å². The summed E-state index contributed by atoms with van der Waals surface area (Å²) in [6.45, 7) is 4.03. The number of hydrogen-bond acceptors (Lipinski definition) is 2. The van der Waals surface area contributed by atoms with E-state index in [4.69, 9.17) is 17.3 Å². The predicted molar refractivity (Wildman–Crippen MR) is 82.5 cm³/mol. The summed E-state index contributed by atoms with van der Waals surface area (Å²) >= 11 is 9.74. The highest BCUT2D eigenvalue weighted by Gasteiger charge is 2.17. The second kappa shape index (κ2) is 5.65. The lowest BCUT2D eigenvalue weighted by molar-refractivity contribution is 0.712. The van der Waals surface area contributed by atoms with Crippen LogP contribution < -0.4 is 5.73 Å². The number of benzene rings is 1. The Morgan fingerprint density at radius 3 is 2.68 bits per heavy atom. The monoisotopic (exact) mass is 341 g/mol. The maximum absolute atomic E-state index is 6.33. The SMILES string of the molecule is Cc1ccc(Br)cc1C(N)Cc1c(C)nn(C)c1Cl. The molecule has 1 aromatic carbocycles. The third-order valence-corrected chi connectivity index (χ3v) is 4.30. The molecule has 0 aliphatic carbocycles. The van der Waals surface area contributed by atoms with Crippen LogP contribution in [0.2, 0.25) is 5.15 Å². The molecule has 2 N–H and O–H groups in total. The topological polar surface area (TPSA) is 43.8 Å². The third kappa shape index (κ3) is 3.02. The number of hydrogen-bond donors (Lipinski definition) is 1. The molecule has 0 bridgehead atoms. The number of rotatable bonds is 3. The summed E-state index contributed by atoms with van der Waals surface area (Å²) in [5.41, 5.74) is 10.6. The molecule has 0 amide bonds. The Morgan fingerprint density at radius 1 is 1.42 bits per heavy atom. The molecule has 1 unspecified atom stereocenters. The van der Waals surface area contributed by atoms with Crippen LogP contribution in [0.5, 0.6) is 0 Å². The second-order valence-corrected chi connectivity index (χ2v) is 6.06. The first-order valence-corrected chi connectivity index (χ1v) is 7.27. The zero-order chi connectivity index (χ0) is 14.2. The van der Waals surface area contributed by atoms with Crippen molar-refractivity contribution < 1.29 is 0 Å². The van der Waals surface area contributed by atoms with Gasteiger partial charge in [-0.25, -0.2) is 0 Å². The fourth-order valence-electron chi connectivity index (χ4n) is 2.25. The van der Waals surface area contributed by atoms with Crippen LogP contribution in [0.15, 0.2) is 22.7 Å².